The van der Waals surface area contributed by atoms with Crippen molar-refractivity contribution in [3.63, 3.8) is 0 Å². The number of rotatable bonds is 7. The largest absolute Gasteiger partial charge is 0.390 e. The molecule has 3 aliphatic heterocycles. The van der Waals surface area contributed by atoms with Crippen molar-refractivity contribution in [3.05, 3.63) is 36.2 Å². The summed E-state index contributed by atoms with van der Waals surface area (Å²) in [6.45, 7) is -0.0903. The monoisotopic (exact) mass is 430 g/mol. The Kier molecular flexibility index (Phi) is 4.52. The molecule has 3 saturated heterocycles. The van der Waals surface area contributed by atoms with E-state index in [-0.39, 0.29) is 6.61 Å². The standard InChI is InChI=1S/C23H26N8O/c24-5-2-4-23-11-16-7-14(8-17(12-23)31(16)23)26-22-18-3-1-6-25-19(18)10-20(28-22)27-21-9-15(13-32)29-30-21/h1,3,6,9-10,14,16-17,32H,2,4,7-8,11-13H2,(H3,26,27,28,29,30). The SMILES string of the molecule is N#CCCC12CC3CC(Nc4nc(Nc5cc(CO)[nH]n5)cc5ncccc45)CC(C1)N32. The van der Waals surface area contributed by atoms with Gasteiger partial charge in [0.2, 0.25) is 0 Å². The second-order valence-corrected chi connectivity index (χ2v) is 9.31. The molecule has 3 aromatic heterocycles. The third kappa shape index (κ3) is 3.10. The Bertz CT molecular complexity index is 1180. The summed E-state index contributed by atoms with van der Waals surface area (Å²) in [5.41, 5.74) is 1.83. The Balaban J connectivity index is 1.21. The molecule has 4 N–H and O–H groups in total. The summed E-state index contributed by atoms with van der Waals surface area (Å²) < 4.78 is 0. The van der Waals surface area contributed by atoms with E-state index in [4.69, 9.17) is 10.2 Å². The fourth-order valence-electron chi connectivity index (χ4n) is 6.18. The number of anilines is 3. The number of hydrogen-bond donors (Lipinski definition) is 4. The first kappa shape index (κ1) is 19.5. The molecule has 0 aromatic carbocycles. The Morgan fingerprint density at radius 3 is 2.84 bits per heavy atom. The Labute approximate surface area is 185 Å². The molecule has 0 bridgehead atoms. The topological polar surface area (TPSA) is 126 Å². The van der Waals surface area contributed by atoms with Crippen LogP contribution in [0.3, 0.4) is 0 Å². The minimum atomic E-state index is -0.0903. The zero-order valence-corrected chi connectivity index (χ0v) is 17.8. The highest BCUT2D eigenvalue weighted by Gasteiger charge is 2.64. The highest BCUT2D eigenvalue weighted by molar-refractivity contribution is 5.91. The van der Waals surface area contributed by atoms with Gasteiger partial charge in [0, 0.05) is 53.8 Å². The lowest BCUT2D eigenvalue weighted by molar-refractivity contribution is -0.222. The van der Waals surface area contributed by atoms with Crippen molar-refractivity contribution in [3.8, 4) is 6.07 Å². The number of hydrogen-bond acceptors (Lipinski definition) is 8. The van der Waals surface area contributed by atoms with Gasteiger partial charge in [0.05, 0.1) is 23.9 Å². The number of aliphatic hydroxyl groups is 1. The molecule has 164 valence electrons. The molecule has 6 heterocycles. The number of nitriles is 1. The van der Waals surface area contributed by atoms with Crippen molar-refractivity contribution in [2.75, 3.05) is 10.6 Å². The minimum Gasteiger partial charge on any atom is -0.390 e. The van der Waals surface area contributed by atoms with Gasteiger partial charge in [-0.2, -0.15) is 10.4 Å². The summed E-state index contributed by atoms with van der Waals surface area (Å²) in [5.74, 6) is 2.10. The first-order valence-corrected chi connectivity index (χ1v) is 11.3. The van der Waals surface area contributed by atoms with E-state index in [0.29, 0.717) is 47.4 Å². The van der Waals surface area contributed by atoms with E-state index >= 15 is 0 Å². The van der Waals surface area contributed by atoms with Crippen LogP contribution in [0.5, 0.6) is 0 Å². The van der Waals surface area contributed by atoms with E-state index in [2.05, 4.69) is 42.9 Å². The number of piperidine rings is 2. The Morgan fingerprint density at radius 1 is 1.25 bits per heavy atom. The molecule has 32 heavy (non-hydrogen) atoms. The van der Waals surface area contributed by atoms with Crippen molar-refractivity contribution in [1.82, 2.24) is 25.1 Å². The van der Waals surface area contributed by atoms with Gasteiger partial charge in [-0.15, -0.1) is 0 Å². The fourth-order valence-corrected chi connectivity index (χ4v) is 6.18. The summed E-state index contributed by atoms with van der Waals surface area (Å²) >= 11 is 0. The van der Waals surface area contributed by atoms with E-state index in [9.17, 15) is 5.11 Å². The Morgan fingerprint density at radius 2 is 2.09 bits per heavy atom. The van der Waals surface area contributed by atoms with Gasteiger partial charge < -0.3 is 15.7 Å². The van der Waals surface area contributed by atoms with Crippen molar-refractivity contribution < 1.29 is 5.11 Å². The van der Waals surface area contributed by atoms with Crippen LogP contribution in [-0.4, -0.2) is 53.8 Å². The van der Waals surface area contributed by atoms with Crippen LogP contribution in [0, 0.1) is 11.3 Å². The van der Waals surface area contributed by atoms with Gasteiger partial charge in [0.25, 0.3) is 0 Å². The molecule has 0 saturated carbocycles. The molecule has 9 heteroatoms. The number of aliphatic hydroxyl groups excluding tert-OH is 1. The summed E-state index contributed by atoms with van der Waals surface area (Å²) in [6.07, 6.45) is 8.11. The van der Waals surface area contributed by atoms with Gasteiger partial charge in [-0.05, 0) is 44.2 Å². The van der Waals surface area contributed by atoms with Crippen LogP contribution in [0.1, 0.15) is 44.2 Å². The second kappa shape index (κ2) is 7.43. The van der Waals surface area contributed by atoms with E-state index in [1.54, 1.807) is 12.3 Å². The smallest absolute Gasteiger partial charge is 0.153 e. The molecular weight excluding hydrogens is 404 g/mol. The molecule has 0 aliphatic carbocycles. The quantitative estimate of drug-likeness (QED) is 0.451. The first-order chi connectivity index (χ1) is 15.7. The van der Waals surface area contributed by atoms with Crippen LogP contribution in [0.4, 0.5) is 17.5 Å². The van der Waals surface area contributed by atoms with Crippen molar-refractivity contribution in [2.24, 2.45) is 0 Å². The summed E-state index contributed by atoms with van der Waals surface area (Å²) in [7, 11) is 0. The molecule has 0 radical (unpaired) electrons. The lowest BCUT2D eigenvalue weighted by Gasteiger charge is -2.74. The van der Waals surface area contributed by atoms with E-state index < -0.39 is 0 Å². The molecule has 2 unspecified atom stereocenters. The molecule has 3 aliphatic rings. The minimum absolute atomic E-state index is 0.0903. The maximum Gasteiger partial charge on any atom is 0.153 e. The average molecular weight is 431 g/mol. The normalized spacial score (nSPS) is 28.3. The van der Waals surface area contributed by atoms with E-state index in [1.807, 2.05) is 12.1 Å². The summed E-state index contributed by atoms with van der Waals surface area (Å²) in [4.78, 5) is 12.1. The van der Waals surface area contributed by atoms with Gasteiger partial charge in [-0.25, -0.2) is 4.98 Å². The van der Waals surface area contributed by atoms with Crippen LogP contribution in [0.15, 0.2) is 30.5 Å². The lowest BCUT2D eigenvalue weighted by atomic mass is 9.57. The number of pyridine rings is 2. The highest BCUT2D eigenvalue weighted by Crippen LogP contribution is 2.58. The van der Waals surface area contributed by atoms with Crippen LogP contribution in [-0.2, 0) is 6.61 Å². The third-order valence-electron chi connectivity index (χ3n) is 7.38. The molecule has 6 rings (SSSR count). The predicted octanol–water partition coefficient (Wildman–Crippen LogP) is 3.05. The zero-order valence-electron chi connectivity index (χ0n) is 17.8. The van der Waals surface area contributed by atoms with Crippen LogP contribution < -0.4 is 10.6 Å². The first-order valence-electron chi connectivity index (χ1n) is 11.3. The maximum absolute atomic E-state index is 9.26. The van der Waals surface area contributed by atoms with Gasteiger partial charge in [-0.1, -0.05) is 0 Å². The second-order valence-electron chi connectivity index (χ2n) is 9.31. The maximum atomic E-state index is 9.26. The number of aromatic nitrogens is 4. The molecule has 3 aromatic rings. The van der Waals surface area contributed by atoms with Crippen molar-refractivity contribution in [1.29, 1.82) is 5.26 Å². The summed E-state index contributed by atoms with van der Waals surface area (Å²) in [6, 6.07) is 11.6. The number of nitrogens with zero attached hydrogens (tertiary/aromatic N) is 5. The molecule has 0 spiro atoms. The van der Waals surface area contributed by atoms with Crippen LogP contribution in [0.2, 0.25) is 0 Å². The molecule has 2 atom stereocenters. The predicted molar refractivity (Wildman–Crippen MR) is 120 cm³/mol. The number of aromatic amines is 1. The fraction of sp³-hybridized carbons (Fsp3) is 0.478. The molecule has 9 nitrogen and oxygen atoms in total. The molecule has 0 amide bonds. The molecule has 3 fully saturated rings. The highest BCUT2D eigenvalue weighted by atomic mass is 16.3. The third-order valence-corrected chi connectivity index (χ3v) is 7.38. The number of nitrogens with one attached hydrogen (secondary N) is 3. The van der Waals surface area contributed by atoms with Gasteiger partial charge in [0.1, 0.15) is 11.6 Å². The summed E-state index contributed by atoms with van der Waals surface area (Å²) in [5, 5.41) is 33.1. The number of fused-ring (bicyclic) bond motifs is 1. The van der Waals surface area contributed by atoms with Crippen molar-refractivity contribution >= 4 is 28.4 Å². The lowest BCUT2D eigenvalue weighted by Crippen LogP contribution is -2.81. The zero-order chi connectivity index (χ0) is 21.7. The van der Waals surface area contributed by atoms with Crippen LogP contribution in [0.25, 0.3) is 10.9 Å². The van der Waals surface area contributed by atoms with Crippen LogP contribution >= 0.6 is 0 Å². The molecular formula is C23H26N8O. The van der Waals surface area contributed by atoms with Gasteiger partial charge in [0.15, 0.2) is 5.82 Å². The van der Waals surface area contributed by atoms with E-state index in [0.717, 1.165) is 36.0 Å². The number of H-pyrrole nitrogens is 1. The van der Waals surface area contributed by atoms with Gasteiger partial charge >= 0.3 is 0 Å². The Hall–Kier alpha value is -3.22. The van der Waals surface area contributed by atoms with Crippen molar-refractivity contribution in [2.45, 2.75) is 68.8 Å². The van der Waals surface area contributed by atoms with Gasteiger partial charge in [-0.3, -0.25) is 15.0 Å². The van der Waals surface area contributed by atoms with E-state index in [1.165, 1.54) is 12.8 Å². The average Bonchev–Trinajstić information content (AvgIpc) is 3.22.